The molecule has 3 saturated carbocycles. The van der Waals surface area contributed by atoms with E-state index in [0.717, 1.165) is 6.42 Å². The van der Waals surface area contributed by atoms with E-state index in [0.29, 0.717) is 23.8 Å². The van der Waals surface area contributed by atoms with Crippen LogP contribution in [-0.4, -0.2) is 11.9 Å². The molecule has 4 aliphatic carbocycles. The van der Waals surface area contributed by atoms with Crippen molar-refractivity contribution in [3.8, 4) is 0 Å². The first-order valence-electron chi connectivity index (χ1n) is 12.0. The second kappa shape index (κ2) is 7.33. The minimum absolute atomic E-state index is 0.185. The zero-order valence-electron chi connectivity index (χ0n) is 18.5. The average molecular weight is 384 g/mol. The molecule has 28 heavy (non-hydrogen) atoms. The minimum atomic E-state index is -0.210. The van der Waals surface area contributed by atoms with Crippen LogP contribution in [0.4, 0.5) is 0 Å². The maximum atomic E-state index is 13.6. The van der Waals surface area contributed by atoms with Crippen LogP contribution in [-0.2, 0) is 4.79 Å². The van der Waals surface area contributed by atoms with Crippen molar-refractivity contribution in [1.29, 1.82) is 0 Å². The molecular weight excluding hydrogens is 342 g/mol. The molecule has 0 saturated heterocycles. The van der Waals surface area contributed by atoms with Gasteiger partial charge in [0.25, 0.3) is 0 Å². The quantitative estimate of drug-likeness (QED) is 0.549. The number of fused-ring (bicyclic) bond motifs is 3. The third-order valence-corrected chi connectivity index (χ3v) is 9.48. The van der Waals surface area contributed by atoms with Crippen LogP contribution in [0, 0.1) is 28.1 Å². The number of rotatable bonds is 3. The smallest absolute Gasteiger partial charge is 0.226 e. The molecule has 4 rings (SSSR count). The Morgan fingerprint density at radius 2 is 1.79 bits per heavy atom. The van der Waals surface area contributed by atoms with Crippen molar-refractivity contribution in [2.75, 3.05) is 0 Å². The fourth-order valence-corrected chi connectivity index (χ4v) is 7.63. The Hall–Kier alpha value is -1.05. The predicted molar refractivity (Wildman–Crippen MR) is 117 cm³/mol. The van der Waals surface area contributed by atoms with Gasteiger partial charge in [-0.25, -0.2) is 0 Å². The molecule has 4 unspecified atom stereocenters. The van der Waals surface area contributed by atoms with Crippen molar-refractivity contribution >= 4 is 5.91 Å². The largest absolute Gasteiger partial charge is 0.353 e. The molecule has 0 radical (unpaired) electrons. The fraction of sp³-hybridized carbons (Fsp3) is 0.808. The second-order valence-electron chi connectivity index (χ2n) is 11.1. The Kier molecular flexibility index (Phi) is 5.30. The van der Waals surface area contributed by atoms with Gasteiger partial charge in [-0.05, 0) is 74.0 Å². The van der Waals surface area contributed by atoms with Gasteiger partial charge in [-0.2, -0.15) is 0 Å². The van der Waals surface area contributed by atoms with Crippen LogP contribution in [0.1, 0.15) is 97.8 Å². The molecule has 3 fully saturated rings. The number of allylic oxidation sites excluding steroid dienone is 3. The van der Waals surface area contributed by atoms with Crippen LogP contribution in [0.25, 0.3) is 0 Å². The van der Waals surface area contributed by atoms with Gasteiger partial charge >= 0.3 is 0 Å². The minimum Gasteiger partial charge on any atom is -0.353 e. The van der Waals surface area contributed by atoms with Crippen molar-refractivity contribution in [3.63, 3.8) is 0 Å². The maximum absolute atomic E-state index is 13.6. The summed E-state index contributed by atoms with van der Waals surface area (Å²) in [4.78, 5) is 13.6. The lowest BCUT2D eigenvalue weighted by Gasteiger charge is -2.60. The summed E-state index contributed by atoms with van der Waals surface area (Å²) in [6.07, 6.45) is 19.3. The van der Waals surface area contributed by atoms with Gasteiger partial charge in [0, 0.05) is 6.04 Å². The van der Waals surface area contributed by atoms with Gasteiger partial charge in [0.2, 0.25) is 5.91 Å². The Balaban J connectivity index is 1.60. The first kappa shape index (κ1) is 20.2. The molecule has 156 valence electrons. The van der Waals surface area contributed by atoms with E-state index in [-0.39, 0.29) is 16.2 Å². The highest BCUT2D eigenvalue weighted by Crippen LogP contribution is 2.65. The third-order valence-electron chi connectivity index (χ3n) is 9.48. The lowest BCUT2D eigenvalue weighted by atomic mass is 9.44. The van der Waals surface area contributed by atoms with E-state index >= 15 is 0 Å². The Labute approximate surface area is 172 Å². The lowest BCUT2D eigenvalue weighted by molar-refractivity contribution is -0.143. The molecule has 0 aromatic carbocycles. The highest BCUT2D eigenvalue weighted by molar-refractivity contribution is 5.83. The molecule has 5 atom stereocenters. The standard InChI is InChI=1S/C26H41NO/c1-5-24(2)16-9-13-21-20(24)14-15-22-25(21,3)17-10-18-26(22,4)23(28)27-19-11-7-6-8-12-19/h5,13,19-20,22H,1,6-12,14-18H2,2-4H3,(H,27,28)/t20?,22?,24-,25?,26?/m0/s1. The summed E-state index contributed by atoms with van der Waals surface area (Å²) >= 11 is 0. The normalized spacial score (nSPS) is 44.0. The van der Waals surface area contributed by atoms with E-state index in [4.69, 9.17) is 0 Å². The van der Waals surface area contributed by atoms with Crippen LogP contribution in [0.3, 0.4) is 0 Å². The fourth-order valence-electron chi connectivity index (χ4n) is 7.63. The van der Waals surface area contributed by atoms with Crippen molar-refractivity contribution in [3.05, 3.63) is 24.3 Å². The number of hydrogen-bond donors (Lipinski definition) is 1. The van der Waals surface area contributed by atoms with Gasteiger partial charge < -0.3 is 5.32 Å². The van der Waals surface area contributed by atoms with Crippen LogP contribution < -0.4 is 5.32 Å². The van der Waals surface area contributed by atoms with Crippen molar-refractivity contribution in [2.24, 2.45) is 28.1 Å². The summed E-state index contributed by atoms with van der Waals surface area (Å²) in [5.74, 6) is 1.47. The molecule has 0 aliphatic heterocycles. The van der Waals surface area contributed by atoms with E-state index in [1.807, 2.05) is 0 Å². The monoisotopic (exact) mass is 383 g/mol. The van der Waals surface area contributed by atoms with Crippen molar-refractivity contribution in [1.82, 2.24) is 5.32 Å². The first-order valence-corrected chi connectivity index (χ1v) is 12.0. The predicted octanol–water partition coefficient (Wildman–Crippen LogP) is 6.57. The van der Waals surface area contributed by atoms with Crippen LogP contribution in [0.15, 0.2) is 24.3 Å². The van der Waals surface area contributed by atoms with Crippen LogP contribution in [0.5, 0.6) is 0 Å². The average Bonchev–Trinajstić information content (AvgIpc) is 2.69. The topological polar surface area (TPSA) is 29.1 Å². The van der Waals surface area contributed by atoms with E-state index in [2.05, 4.69) is 44.8 Å². The molecule has 4 aliphatic rings. The van der Waals surface area contributed by atoms with Gasteiger partial charge in [0.05, 0.1) is 5.41 Å². The molecule has 0 heterocycles. The van der Waals surface area contributed by atoms with Gasteiger partial charge in [0.1, 0.15) is 0 Å². The van der Waals surface area contributed by atoms with Gasteiger partial charge in [-0.3, -0.25) is 4.79 Å². The Morgan fingerprint density at radius 3 is 2.50 bits per heavy atom. The van der Waals surface area contributed by atoms with Crippen molar-refractivity contribution in [2.45, 2.75) is 104 Å². The van der Waals surface area contributed by atoms with Crippen LogP contribution in [0.2, 0.25) is 0 Å². The second-order valence-corrected chi connectivity index (χ2v) is 11.1. The summed E-state index contributed by atoms with van der Waals surface area (Å²) in [6, 6.07) is 0.417. The van der Waals surface area contributed by atoms with E-state index < -0.39 is 0 Å². The summed E-state index contributed by atoms with van der Waals surface area (Å²) in [5, 5.41) is 3.50. The van der Waals surface area contributed by atoms with E-state index in [1.165, 1.54) is 70.6 Å². The van der Waals surface area contributed by atoms with E-state index in [1.54, 1.807) is 5.57 Å². The lowest BCUT2D eigenvalue weighted by Crippen LogP contribution is -2.57. The van der Waals surface area contributed by atoms with Gasteiger partial charge in [-0.15, -0.1) is 6.58 Å². The number of hydrogen-bond acceptors (Lipinski definition) is 1. The number of amides is 1. The summed E-state index contributed by atoms with van der Waals surface area (Å²) < 4.78 is 0. The molecule has 1 N–H and O–H groups in total. The number of carbonyl (C=O) groups is 1. The SMILES string of the molecule is C=C[C@@]1(C)CCC=C2C1CCC1C(C)(C(=O)NC3CCCCC3)CCCC21C. The van der Waals surface area contributed by atoms with Crippen LogP contribution >= 0.6 is 0 Å². The molecule has 0 aromatic rings. The molecular formula is C26H41NO. The van der Waals surface area contributed by atoms with Gasteiger partial charge in [-0.1, -0.05) is 64.2 Å². The summed E-state index contributed by atoms with van der Waals surface area (Å²) in [5.41, 5.74) is 1.88. The zero-order valence-corrected chi connectivity index (χ0v) is 18.5. The number of carbonyl (C=O) groups excluding carboxylic acids is 1. The summed E-state index contributed by atoms with van der Waals surface area (Å²) in [7, 11) is 0. The number of nitrogens with one attached hydrogen (secondary N) is 1. The van der Waals surface area contributed by atoms with Crippen molar-refractivity contribution < 1.29 is 4.79 Å². The Bertz CT molecular complexity index is 659. The maximum Gasteiger partial charge on any atom is 0.226 e. The molecule has 1 amide bonds. The molecule has 0 aromatic heterocycles. The zero-order chi connectivity index (χ0) is 20.0. The highest BCUT2D eigenvalue weighted by Gasteiger charge is 2.58. The third kappa shape index (κ3) is 3.10. The first-order chi connectivity index (χ1) is 13.3. The molecule has 0 spiro atoms. The van der Waals surface area contributed by atoms with E-state index in [9.17, 15) is 4.79 Å². The molecule has 2 heteroatoms. The summed E-state index contributed by atoms with van der Waals surface area (Å²) in [6.45, 7) is 11.4. The molecule has 2 nitrogen and oxygen atoms in total. The Morgan fingerprint density at radius 1 is 1.04 bits per heavy atom. The van der Waals surface area contributed by atoms with Gasteiger partial charge in [0.15, 0.2) is 0 Å². The molecule has 0 bridgehead atoms. The highest BCUT2D eigenvalue weighted by atomic mass is 16.2.